The van der Waals surface area contributed by atoms with Crippen molar-refractivity contribution in [1.29, 1.82) is 0 Å². The maximum atomic E-state index is 12.3. The van der Waals surface area contributed by atoms with Gasteiger partial charge in [0, 0.05) is 18.8 Å². The van der Waals surface area contributed by atoms with Gasteiger partial charge in [0.25, 0.3) is 0 Å². The summed E-state index contributed by atoms with van der Waals surface area (Å²) in [6.45, 7) is 2.29. The van der Waals surface area contributed by atoms with Crippen LogP contribution in [0.25, 0.3) is 5.69 Å². The predicted molar refractivity (Wildman–Crippen MR) is 82.3 cm³/mol. The highest BCUT2D eigenvalue weighted by molar-refractivity contribution is 5.90. The van der Waals surface area contributed by atoms with Crippen LogP contribution in [0, 0.1) is 5.41 Å². The van der Waals surface area contributed by atoms with Crippen molar-refractivity contribution in [2.75, 3.05) is 18.4 Å². The Hall–Kier alpha value is -2.90. The molecule has 120 valence electrons. The van der Waals surface area contributed by atoms with Crippen LogP contribution < -0.4 is 5.32 Å². The van der Waals surface area contributed by atoms with Crippen molar-refractivity contribution >= 4 is 17.7 Å². The van der Waals surface area contributed by atoms with Gasteiger partial charge in [-0.15, -0.1) is 5.10 Å². The first-order valence-electron chi connectivity index (χ1n) is 7.24. The molecule has 3 rings (SSSR count). The SMILES string of the molecule is CC1(C(=O)O)CCN(C(=O)Nc2cccc(-n3ccnn3)c2)C1. The van der Waals surface area contributed by atoms with Gasteiger partial charge in [0.2, 0.25) is 0 Å². The molecule has 1 fully saturated rings. The van der Waals surface area contributed by atoms with E-state index in [4.69, 9.17) is 0 Å². The fourth-order valence-corrected chi connectivity index (χ4v) is 2.58. The summed E-state index contributed by atoms with van der Waals surface area (Å²) < 4.78 is 1.59. The lowest BCUT2D eigenvalue weighted by molar-refractivity contribution is -0.146. The van der Waals surface area contributed by atoms with Crippen molar-refractivity contribution < 1.29 is 14.7 Å². The number of urea groups is 1. The number of benzene rings is 1. The van der Waals surface area contributed by atoms with Crippen LogP contribution in [0.1, 0.15) is 13.3 Å². The lowest BCUT2D eigenvalue weighted by Crippen LogP contribution is -2.37. The van der Waals surface area contributed by atoms with E-state index in [1.807, 2.05) is 6.07 Å². The van der Waals surface area contributed by atoms with Crippen LogP contribution in [0.2, 0.25) is 0 Å². The van der Waals surface area contributed by atoms with Gasteiger partial charge in [-0.05, 0) is 31.5 Å². The molecule has 0 bridgehead atoms. The highest BCUT2D eigenvalue weighted by atomic mass is 16.4. The molecule has 8 heteroatoms. The van der Waals surface area contributed by atoms with Gasteiger partial charge >= 0.3 is 12.0 Å². The number of amides is 2. The van der Waals surface area contributed by atoms with Gasteiger partial charge < -0.3 is 15.3 Å². The molecular formula is C15H17N5O3. The molecule has 2 amide bonds. The zero-order valence-corrected chi connectivity index (χ0v) is 12.6. The van der Waals surface area contributed by atoms with Gasteiger partial charge in [0.15, 0.2) is 0 Å². The van der Waals surface area contributed by atoms with E-state index in [-0.39, 0.29) is 12.6 Å². The summed E-state index contributed by atoms with van der Waals surface area (Å²) in [6, 6.07) is 6.90. The molecule has 1 atom stereocenters. The van der Waals surface area contributed by atoms with E-state index >= 15 is 0 Å². The number of hydrogen-bond acceptors (Lipinski definition) is 4. The number of hydrogen-bond donors (Lipinski definition) is 2. The second-order valence-electron chi connectivity index (χ2n) is 5.87. The van der Waals surface area contributed by atoms with Crippen molar-refractivity contribution in [3.63, 3.8) is 0 Å². The largest absolute Gasteiger partial charge is 0.481 e. The first-order valence-corrected chi connectivity index (χ1v) is 7.24. The van der Waals surface area contributed by atoms with E-state index in [1.54, 1.807) is 42.2 Å². The second-order valence-corrected chi connectivity index (χ2v) is 5.87. The molecule has 2 aromatic rings. The van der Waals surface area contributed by atoms with E-state index in [9.17, 15) is 14.7 Å². The summed E-state index contributed by atoms with van der Waals surface area (Å²) in [6.07, 6.45) is 3.73. The van der Waals surface area contributed by atoms with Crippen molar-refractivity contribution in [3.8, 4) is 5.69 Å². The number of aliphatic carboxylic acids is 1. The van der Waals surface area contributed by atoms with Gasteiger partial charge in [-0.2, -0.15) is 0 Å². The number of nitrogens with zero attached hydrogens (tertiary/aromatic N) is 4. The summed E-state index contributed by atoms with van der Waals surface area (Å²) in [5.41, 5.74) is 0.518. The third kappa shape index (κ3) is 3.01. The molecule has 0 spiro atoms. The lowest BCUT2D eigenvalue weighted by atomic mass is 9.90. The van der Waals surface area contributed by atoms with E-state index in [2.05, 4.69) is 15.6 Å². The van der Waals surface area contributed by atoms with Crippen LogP contribution in [0.5, 0.6) is 0 Å². The maximum absolute atomic E-state index is 12.3. The zero-order valence-electron chi connectivity index (χ0n) is 12.6. The highest BCUT2D eigenvalue weighted by Crippen LogP contribution is 2.30. The Morgan fingerprint density at radius 3 is 2.87 bits per heavy atom. The Morgan fingerprint density at radius 2 is 2.22 bits per heavy atom. The Morgan fingerprint density at radius 1 is 1.39 bits per heavy atom. The molecular weight excluding hydrogens is 298 g/mol. The van der Waals surface area contributed by atoms with Crippen LogP contribution in [-0.2, 0) is 4.79 Å². The zero-order chi connectivity index (χ0) is 16.4. The van der Waals surface area contributed by atoms with Crippen LogP contribution in [-0.4, -0.2) is 50.1 Å². The Balaban J connectivity index is 1.69. The molecule has 1 aliphatic heterocycles. The number of carbonyl (C=O) groups is 2. The Bertz CT molecular complexity index is 730. The lowest BCUT2D eigenvalue weighted by Gasteiger charge is -2.20. The number of carbonyl (C=O) groups excluding carboxylic acids is 1. The molecule has 1 aromatic heterocycles. The molecule has 2 N–H and O–H groups in total. The molecule has 1 saturated heterocycles. The summed E-state index contributed by atoms with van der Waals surface area (Å²) >= 11 is 0. The topological polar surface area (TPSA) is 100 Å². The van der Waals surface area contributed by atoms with Crippen molar-refractivity contribution in [1.82, 2.24) is 19.9 Å². The summed E-state index contributed by atoms with van der Waals surface area (Å²) in [5.74, 6) is -0.874. The van der Waals surface area contributed by atoms with Crippen molar-refractivity contribution in [2.45, 2.75) is 13.3 Å². The third-order valence-electron chi connectivity index (χ3n) is 4.06. The normalized spacial score (nSPS) is 20.5. The first kappa shape index (κ1) is 15.0. The molecule has 1 unspecified atom stereocenters. The highest BCUT2D eigenvalue weighted by Gasteiger charge is 2.42. The fourth-order valence-electron chi connectivity index (χ4n) is 2.58. The van der Waals surface area contributed by atoms with Crippen molar-refractivity contribution in [2.24, 2.45) is 5.41 Å². The standard InChI is InChI=1S/C15H17N5O3/c1-15(13(21)22)5-7-19(10-15)14(23)17-11-3-2-4-12(9-11)20-8-6-16-18-20/h2-4,6,8-9H,5,7,10H2,1H3,(H,17,23)(H,21,22). The maximum Gasteiger partial charge on any atom is 0.321 e. The molecule has 1 aliphatic rings. The number of aromatic nitrogens is 3. The smallest absolute Gasteiger partial charge is 0.321 e. The summed E-state index contributed by atoms with van der Waals surface area (Å²) in [7, 11) is 0. The fraction of sp³-hybridized carbons (Fsp3) is 0.333. The number of carboxylic acid groups (broad SMARTS) is 1. The Kier molecular flexibility index (Phi) is 3.73. The van der Waals surface area contributed by atoms with Gasteiger partial charge in [0.05, 0.1) is 23.5 Å². The van der Waals surface area contributed by atoms with Gasteiger partial charge in [-0.3, -0.25) is 4.79 Å². The number of nitrogens with one attached hydrogen (secondary N) is 1. The molecule has 23 heavy (non-hydrogen) atoms. The van der Waals surface area contributed by atoms with E-state index in [1.165, 1.54) is 4.90 Å². The molecule has 1 aromatic carbocycles. The average Bonchev–Trinajstić information content (AvgIpc) is 3.17. The van der Waals surface area contributed by atoms with Crippen LogP contribution in [0.15, 0.2) is 36.7 Å². The quantitative estimate of drug-likeness (QED) is 0.896. The minimum Gasteiger partial charge on any atom is -0.481 e. The molecule has 0 radical (unpaired) electrons. The number of anilines is 1. The van der Waals surface area contributed by atoms with Crippen LogP contribution in [0.3, 0.4) is 0 Å². The van der Waals surface area contributed by atoms with E-state index in [0.29, 0.717) is 18.7 Å². The molecule has 8 nitrogen and oxygen atoms in total. The van der Waals surface area contributed by atoms with Crippen LogP contribution >= 0.6 is 0 Å². The van der Waals surface area contributed by atoms with Crippen molar-refractivity contribution in [3.05, 3.63) is 36.7 Å². The number of rotatable bonds is 3. The summed E-state index contributed by atoms with van der Waals surface area (Å²) in [5, 5.41) is 19.7. The predicted octanol–water partition coefficient (Wildman–Crippen LogP) is 1.60. The average molecular weight is 315 g/mol. The Labute approximate surface area is 132 Å². The molecule has 0 saturated carbocycles. The minimum absolute atomic E-state index is 0.205. The van der Waals surface area contributed by atoms with E-state index < -0.39 is 11.4 Å². The van der Waals surface area contributed by atoms with Crippen LogP contribution in [0.4, 0.5) is 10.5 Å². The summed E-state index contributed by atoms with van der Waals surface area (Å²) in [4.78, 5) is 25.1. The van der Waals surface area contributed by atoms with Gasteiger partial charge in [0.1, 0.15) is 0 Å². The van der Waals surface area contributed by atoms with Gasteiger partial charge in [-0.25, -0.2) is 9.48 Å². The molecule has 2 heterocycles. The number of carboxylic acids is 1. The monoisotopic (exact) mass is 315 g/mol. The minimum atomic E-state index is -0.875. The van der Waals surface area contributed by atoms with Gasteiger partial charge in [-0.1, -0.05) is 11.3 Å². The third-order valence-corrected chi connectivity index (χ3v) is 4.06. The first-order chi connectivity index (χ1) is 11.0. The molecule has 0 aliphatic carbocycles. The van der Waals surface area contributed by atoms with E-state index in [0.717, 1.165) is 5.69 Å². The second kappa shape index (κ2) is 5.71. The number of likely N-dealkylation sites (tertiary alicyclic amines) is 1.